The Kier molecular flexibility index (Phi) is 2.60. The average Bonchev–Trinajstić information content (AvgIpc) is 3.15. The minimum Gasteiger partial charge on any atom is -0.467 e. The molecule has 0 saturated heterocycles. The Morgan fingerprint density at radius 3 is 2.41 bits per heavy atom. The molecule has 22 heavy (non-hydrogen) atoms. The summed E-state index contributed by atoms with van der Waals surface area (Å²) in [4.78, 5) is 4.74. The minimum absolute atomic E-state index is 0.178. The van der Waals surface area contributed by atoms with Gasteiger partial charge in [0.05, 0.1) is 12.1 Å². The summed E-state index contributed by atoms with van der Waals surface area (Å²) in [5.74, 6) is 4.87. The van der Waals surface area contributed by atoms with Gasteiger partial charge in [-0.25, -0.2) is 0 Å². The van der Waals surface area contributed by atoms with Crippen molar-refractivity contribution in [3.8, 4) is 11.5 Å². The summed E-state index contributed by atoms with van der Waals surface area (Å²) >= 11 is 0. The zero-order chi connectivity index (χ0) is 14.7. The average molecular weight is 299 g/mol. The molecule has 0 radical (unpaired) electrons. The maximum Gasteiger partial charge on any atom is 0.261 e. The molecule has 0 aromatic carbocycles. The molecule has 2 heterocycles. The van der Waals surface area contributed by atoms with E-state index in [-0.39, 0.29) is 5.41 Å². The monoisotopic (exact) mass is 299 g/mol. The van der Waals surface area contributed by atoms with E-state index in [9.17, 15) is 0 Å². The first-order chi connectivity index (χ1) is 10.7. The maximum absolute atomic E-state index is 5.59. The SMILES string of the molecule is NCc1cc(-c2nc(C34CC5CC(CC(C5)C3)C4)no2)co1. The highest BCUT2D eigenvalue weighted by Gasteiger charge is 2.53. The Balaban J connectivity index is 1.49. The van der Waals surface area contributed by atoms with Crippen LogP contribution in [0.25, 0.3) is 11.5 Å². The van der Waals surface area contributed by atoms with Gasteiger partial charge >= 0.3 is 0 Å². The van der Waals surface area contributed by atoms with E-state index in [4.69, 9.17) is 19.7 Å². The van der Waals surface area contributed by atoms with Crippen LogP contribution in [0.3, 0.4) is 0 Å². The van der Waals surface area contributed by atoms with E-state index in [1.165, 1.54) is 38.5 Å². The summed E-state index contributed by atoms with van der Waals surface area (Å²) in [5.41, 5.74) is 6.60. The molecule has 0 amide bonds. The number of aromatic nitrogens is 2. The van der Waals surface area contributed by atoms with Gasteiger partial charge in [-0.15, -0.1) is 0 Å². The first-order valence-electron chi connectivity index (χ1n) is 8.36. The molecule has 0 atom stereocenters. The third-order valence-electron chi connectivity index (χ3n) is 6.04. The van der Waals surface area contributed by atoms with Crippen LogP contribution in [0, 0.1) is 17.8 Å². The fraction of sp³-hybridized carbons (Fsp3) is 0.647. The van der Waals surface area contributed by atoms with E-state index in [2.05, 4.69) is 5.16 Å². The van der Waals surface area contributed by atoms with Crippen LogP contribution in [0.1, 0.15) is 50.1 Å². The molecule has 4 saturated carbocycles. The molecule has 0 unspecified atom stereocenters. The van der Waals surface area contributed by atoms with Gasteiger partial charge in [0.25, 0.3) is 5.89 Å². The van der Waals surface area contributed by atoms with Crippen molar-refractivity contribution in [2.75, 3.05) is 0 Å². The number of hydrogen-bond acceptors (Lipinski definition) is 5. The van der Waals surface area contributed by atoms with Crippen molar-refractivity contribution in [2.24, 2.45) is 23.5 Å². The second kappa shape index (κ2) is 4.44. The Morgan fingerprint density at radius 2 is 1.82 bits per heavy atom. The van der Waals surface area contributed by atoms with Gasteiger partial charge in [0.15, 0.2) is 5.82 Å². The van der Waals surface area contributed by atoms with Crippen molar-refractivity contribution in [1.29, 1.82) is 0 Å². The summed E-state index contributed by atoms with van der Waals surface area (Å²) in [6.45, 7) is 0.385. The molecule has 6 rings (SSSR count). The van der Waals surface area contributed by atoms with Crippen molar-refractivity contribution in [1.82, 2.24) is 10.1 Å². The molecule has 5 heteroatoms. The Morgan fingerprint density at radius 1 is 1.14 bits per heavy atom. The normalized spacial score (nSPS) is 36.1. The number of hydrogen-bond donors (Lipinski definition) is 1. The molecule has 0 spiro atoms. The quantitative estimate of drug-likeness (QED) is 0.941. The second-order valence-electron chi connectivity index (χ2n) is 7.63. The summed E-state index contributed by atoms with van der Waals surface area (Å²) in [7, 11) is 0. The number of nitrogens with two attached hydrogens (primary N) is 1. The highest BCUT2D eigenvalue weighted by molar-refractivity contribution is 5.51. The van der Waals surface area contributed by atoms with Crippen molar-refractivity contribution in [2.45, 2.75) is 50.5 Å². The van der Waals surface area contributed by atoms with Gasteiger partial charge in [-0.3, -0.25) is 0 Å². The minimum atomic E-state index is 0.178. The smallest absolute Gasteiger partial charge is 0.261 e. The van der Waals surface area contributed by atoms with E-state index in [1.807, 2.05) is 6.07 Å². The van der Waals surface area contributed by atoms with Gasteiger partial charge in [0, 0.05) is 5.41 Å². The van der Waals surface area contributed by atoms with Crippen LogP contribution in [0.4, 0.5) is 0 Å². The third-order valence-corrected chi connectivity index (χ3v) is 6.04. The molecule has 4 fully saturated rings. The van der Waals surface area contributed by atoms with Gasteiger partial charge in [0.1, 0.15) is 12.0 Å². The molecule has 0 aliphatic heterocycles. The molecule has 2 aromatic rings. The van der Waals surface area contributed by atoms with E-state index in [0.29, 0.717) is 12.4 Å². The van der Waals surface area contributed by atoms with E-state index in [0.717, 1.165) is 34.9 Å². The largest absolute Gasteiger partial charge is 0.467 e. The van der Waals surface area contributed by atoms with Crippen molar-refractivity contribution < 1.29 is 8.94 Å². The molecule has 4 aliphatic carbocycles. The van der Waals surface area contributed by atoms with Crippen molar-refractivity contribution in [3.63, 3.8) is 0 Å². The van der Waals surface area contributed by atoms with E-state index < -0.39 is 0 Å². The molecular weight excluding hydrogens is 278 g/mol. The van der Waals surface area contributed by atoms with Crippen LogP contribution in [0.15, 0.2) is 21.3 Å². The summed E-state index contributed by atoms with van der Waals surface area (Å²) < 4.78 is 10.9. The summed E-state index contributed by atoms with van der Waals surface area (Å²) in [5, 5.41) is 4.36. The highest BCUT2D eigenvalue weighted by atomic mass is 16.5. The molecule has 116 valence electrons. The van der Waals surface area contributed by atoms with Gasteiger partial charge in [0.2, 0.25) is 0 Å². The zero-order valence-corrected chi connectivity index (χ0v) is 12.6. The first-order valence-corrected chi connectivity index (χ1v) is 8.36. The zero-order valence-electron chi connectivity index (χ0n) is 12.6. The van der Waals surface area contributed by atoms with Crippen molar-refractivity contribution >= 4 is 0 Å². The summed E-state index contributed by atoms with van der Waals surface area (Å²) in [6, 6.07) is 1.89. The van der Waals surface area contributed by atoms with Crippen LogP contribution in [-0.4, -0.2) is 10.1 Å². The lowest BCUT2D eigenvalue weighted by atomic mass is 9.49. The highest BCUT2D eigenvalue weighted by Crippen LogP contribution is 2.60. The van der Waals surface area contributed by atoms with E-state index in [1.54, 1.807) is 6.26 Å². The predicted octanol–water partition coefficient (Wildman–Crippen LogP) is 3.26. The van der Waals surface area contributed by atoms with Crippen molar-refractivity contribution in [3.05, 3.63) is 23.9 Å². The van der Waals surface area contributed by atoms with Gasteiger partial charge in [-0.05, 0) is 62.3 Å². The Hall–Kier alpha value is -1.62. The predicted molar refractivity (Wildman–Crippen MR) is 79.7 cm³/mol. The van der Waals surface area contributed by atoms with Gasteiger partial charge < -0.3 is 14.7 Å². The van der Waals surface area contributed by atoms with Gasteiger partial charge in [-0.1, -0.05) is 5.16 Å². The molecule has 2 aromatic heterocycles. The first kappa shape index (κ1) is 12.9. The fourth-order valence-corrected chi connectivity index (χ4v) is 5.54. The summed E-state index contributed by atoms with van der Waals surface area (Å²) in [6.07, 6.45) is 9.66. The molecule has 5 nitrogen and oxygen atoms in total. The number of nitrogens with zero attached hydrogens (tertiary/aromatic N) is 2. The van der Waals surface area contributed by atoms with Crippen LogP contribution in [0.5, 0.6) is 0 Å². The standard InChI is InChI=1S/C17H21N3O2/c18-8-14-4-13(9-21-14)15-19-16(20-22-15)17-5-10-1-11(6-17)3-12(2-10)7-17/h4,9-12H,1-3,5-8,18H2. The fourth-order valence-electron chi connectivity index (χ4n) is 5.54. The topological polar surface area (TPSA) is 78.1 Å². The third kappa shape index (κ3) is 1.81. The van der Waals surface area contributed by atoms with E-state index >= 15 is 0 Å². The lowest BCUT2D eigenvalue weighted by molar-refractivity contribution is -0.0103. The van der Waals surface area contributed by atoms with Crippen LogP contribution in [0.2, 0.25) is 0 Å². The lowest BCUT2D eigenvalue weighted by Gasteiger charge is -2.55. The molecule has 4 bridgehead atoms. The van der Waals surface area contributed by atoms with Crippen LogP contribution < -0.4 is 5.73 Å². The molecule has 4 aliphatic rings. The number of furan rings is 1. The van der Waals surface area contributed by atoms with Gasteiger partial charge in [-0.2, -0.15) is 4.98 Å². The Labute approximate surface area is 129 Å². The second-order valence-corrected chi connectivity index (χ2v) is 7.63. The number of rotatable bonds is 3. The Bertz CT molecular complexity index is 667. The lowest BCUT2D eigenvalue weighted by Crippen LogP contribution is -2.49. The van der Waals surface area contributed by atoms with Crippen LogP contribution >= 0.6 is 0 Å². The van der Waals surface area contributed by atoms with Crippen LogP contribution in [-0.2, 0) is 12.0 Å². The molecular formula is C17H21N3O2. The maximum atomic E-state index is 5.59. The molecule has 2 N–H and O–H groups in total.